The number of nitro groups is 1. The molecule has 1 aliphatic heterocycles. The van der Waals surface area contributed by atoms with Crippen LogP contribution in [-0.4, -0.2) is 41.9 Å². The van der Waals surface area contributed by atoms with Gasteiger partial charge in [-0.3, -0.25) is 14.9 Å². The number of carbonyl (C=O) groups excluding carboxylic acids is 1. The van der Waals surface area contributed by atoms with Crippen molar-refractivity contribution in [2.45, 2.75) is 0 Å². The van der Waals surface area contributed by atoms with Crippen molar-refractivity contribution in [2.24, 2.45) is 0 Å². The van der Waals surface area contributed by atoms with E-state index in [9.17, 15) is 14.9 Å². The van der Waals surface area contributed by atoms with E-state index in [1.165, 1.54) is 18.2 Å². The molecule has 0 unspecified atom stereocenters. The number of nitrogens with zero attached hydrogens (tertiary/aromatic N) is 3. The van der Waals surface area contributed by atoms with Crippen LogP contribution in [-0.2, 0) is 4.79 Å². The van der Waals surface area contributed by atoms with E-state index in [2.05, 4.69) is 4.90 Å². The van der Waals surface area contributed by atoms with Crippen molar-refractivity contribution in [3.05, 3.63) is 75.3 Å². The molecule has 2 aromatic rings. The average Bonchev–Trinajstić information content (AvgIpc) is 2.66. The molecule has 2 aromatic carbocycles. The summed E-state index contributed by atoms with van der Waals surface area (Å²) >= 11 is 6.03. The summed E-state index contributed by atoms with van der Waals surface area (Å²) in [5.41, 5.74) is 1.45. The third-order valence-electron chi connectivity index (χ3n) is 4.30. The number of para-hydroxylation sites is 1. The van der Waals surface area contributed by atoms with Crippen LogP contribution in [0.25, 0.3) is 6.08 Å². The van der Waals surface area contributed by atoms with Gasteiger partial charge in [0.05, 0.1) is 10.5 Å². The molecule has 27 heavy (non-hydrogen) atoms. The van der Waals surface area contributed by atoms with Crippen LogP contribution in [0.4, 0.5) is 11.4 Å². The smallest absolute Gasteiger partial charge is 0.276 e. The summed E-state index contributed by atoms with van der Waals surface area (Å²) in [4.78, 5) is 26.9. The van der Waals surface area contributed by atoms with Crippen LogP contribution >= 0.6 is 24.0 Å². The number of nitro benzene ring substituents is 1. The van der Waals surface area contributed by atoms with Crippen molar-refractivity contribution in [1.82, 2.24) is 4.90 Å². The predicted octanol–water partition coefficient (Wildman–Crippen LogP) is 4.03. The molecule has 0 bridgehead atoms. The van der Waals surface area contributed by atoms with Crippen LogP contribution in [0, 0.1) is 10.1 Å². The first-order valence-electron chi connectivity index (χ1n) is 8.25. The molecule has 0 atom stereocenters. The van der Waals surface area contributed by atoms with Crippen molar-refractivity contribution in [2.75, 3.05) is 31.1 Å². The highest BCUT2D eigenvalue weighted by molar-refractivity contribution is 6.30. The first kappa shape index (κ1) is 20.7. The molecule has 1 saturated heterocycles. The maximum absolute atomic E-state index is 12.4. The Kier molecular flexibility index (Phi) is 7.21. The SMILES string of the molecule is Cl.O=C(/C=C/c1ccccc1[N+](=O)[O-])N1CCN(c2cccc(Cl)c2)CC1. The summed E-state index contributed by atoms with van der Waals surface area (Å²) in [5, 5.41) is 11.7. The highest BCUT2D eigenvalue weighted by Gasteiger charge is 2.20. The first-order valence-corrected chi connectivity index (χ1v) is 8.63. The van der Waals surface area contributed by atoms with E-state index in [0.29, 0.717) is 36.8 Å². The standard InChI is InChI=1S/C19H18ClN3O3.ClH/c20-16-5-3-6-17(14-16)21-10-12-22(13-11-21)19(24)9-8-15-4-1-2-7-18(15)23(25)26;/h1-9,14H,10-13H2;1H/b9-8+;. The molecule has 1 amide bonds. The van der Waals surface area contributed by atoms with Gasteiger partial charge in [0.25, 0.3) is 5.69 Å². The molecule has 0 spiro atoms. The second-order valence-corrected chi connectivity index (χ2v) is 6.38. The molecule has 0 aliphatic carbocycles. The number of hydrogen-bond donors (Lipinski definition) is 0. The van der Waals surface area contributed by atoms with Crippen molar-refractivity contribution >= 4 is 47.4 Å². The van der Waals surface area contributed by atoms with E-state index >= 15 is 0 Å². The van der Waals surface area contributed by atoms with Crippen molar-refractivity contribution in [1.29, 1.82) is 0 Å². The Morgan fingerprint density at radius 2 is 1.78 bits per heavy atom. The van der Waals surface area contributed by atoms with Gasteiger partial charge < -0.3 is 9.80 Å². The van der Waals surface area contributed by atoms with Gasteiger partial charge in [-0.05, 0) is 30.3 Å². The number of benzene rings is 2. The molecular weight excluding hydrogens is 389 g/mol. The fourth-order valence-electron chi connectivity index (χ4n) is 2.92. The van der Waals surface area contributed by atoms with Crippen LogP contribution in [0.2, 0.25) is 5.02 Å². The zero-order valence-corrected chi connectivity index (χ0v) is 16.0. The summed E-state index contributed by atoms with van der Waals surface area (Å²) in [7, 11) is 0. The Balaban J connectivity index is 0.00000261. The molecule has 1 aliphatic rings. The quantitative estimate of drug-likeness (QED) is 0.435. The van der Waals surface area contributed by atoms with Gasteiger partial charge in [-0.2, -0.15) is 0 Å². The van der Waals surface area contributed by atoms with Crippen molar-refractivity contribution in [3.8, 4) is 0 Å². The Hall–Kier alpha value is -2.57. The first-order chi connectivity index (χ1) is 12.5. The molecule has 6 nitrogen and oxygen atoms in total. The van der Waals surface area contributed by atoms with Gasteiger partial charge in [0.1, 0.15) is 0 Å². The highest BCUT2D eigenvalue weighted by atomic mass is 35.5. The molecular formula is C19H19Cl2N3O3. The molecule has 0 saturated carbocycles. The van der Waals surface area contributed by atoms with Crippen LogP contribution in [0.5, 0.6) is 0 Å². The van der Waals surface area contributed by atoms with Crippen LogP contribution in [0.1, 0.15) is 5.56 Å². The molecule has 1 heterocycles. The van der Waals surface area contributed by atoms with E-state index in [-0.39, 0.29) is 24.0 Å². The van der Waals surface area contributed by atoms with Crippen LogP contribution in [0.15, 0.2) is 54.6 Å². The summed E-state index contributed by atoms with van der Waals surface area (Å²) in [5.74, 6) is -0.145. The van der Waals surface area contributed by atoms with Gasteiger partial charge in [0, 0.05) is 49.0 Å². The lowest BCUT2D eigenvalue weighted by atomic mass is 10.1. The summed E-state index contributed by atoms with van der Waals surface area (Å²) < 4.78 is 0. The molecule has 0 radical (unpaired) electrons. The van der Waals surface area contributed by atoms with Gasteiger partial charge in [-0.25, -0.2) is 0 Å². The number of hydrogen-bond acceptors (Lipinski definition) is 4. The lowest BCUT2D eigenvalue weighted by molar-refractivity contribution is -0.385. The van der Waals surface area contributed by atoms with Gasteiger partial charge in [0.15, 0.2) is 0 Å². The fraction of sp³-hybridized carbons (Fsp3) is 0.211. The molecule has 0 aromatic heterocycles. The van der Waals surface area contributed by atoms with Gasteiger partial charge >= 0.3 is 0 Å². The Morgan fingerprint density at radius 1 is 1.07 bits per heavy atom. The minimum absolute atomic E-state index is 0. The Labute approximate surface area is 168 Å². The normalized spacial score (nSPS) is 14.1. The topological polar surface area (TPSA) is 66.7 Å². The third-order valence-corrected chi connectivity index (χ3v) is 4.54. The summed E-state index contributed by atoms with van der Waals surface area (Å²) in [6.07, 6.45) is 2.90. The molecule has 3 rings (SSSR count). The van der Waals surface area contributed by atoms with Crippen LogP contribution in [0.3, 0.4) is 0 Å². The van der Waals surface area contributed by atoms with Crippen LogP contribution < -0.4 is 4.90 Å². The minimum atomic E-state index is -0.450. The maximum atomic E-state index is 12.4. The number of halogens is 2. The monoisotopic (exact) mass is 407 g/mol. The zero-order valence-electron chi connectivity index (χ0n) is 14.5. The number of carbonyl (C=O) groups is 1. The Morgan fingerprint density at radius 3 is 2.44 bits per heavy atom. The van der Waals surface area contributed by atoms with E-state index < -0.39 is 4.92 Å². The number of piperazine rings is 1. The third kappa shape index (κ3) is 5.21. The summed E-state index contributed by atoms with van der Waals surface area (Å²) in [6.45, 7) is 2.61. The van der Waals surface area contributed by atoms with Gasteiger partial charge in [-0.1, -0.05) is 29.8 Å². The largest absolute Gasteiger partial charge is 0.368 e. The number of rotatable bonds is 4. The molecule has 8 heteroatoms. The molecule has 1 fully saturated rings. The minimum Gasteiger partial charge on any atom is -0.368 e. The lowest BCUT2D eigenvalue weighted by Gasteiger charge is -2.35. The number of amides is 1. The maximum Gasteiger partial charge on any atom is 0.276 e. The van der Waals surface area contributed by atoms with Gasteiger partial charge in [0.2, 0.25) is 5.91 Å². The predicted molar refractivity (Wildman–Crippen MR) is 110 cm³/mol. The highest BCUT2D eigenvalue weighted by Crippen LogP contribution is 2.21. The van der Waals surface area contributed by atoms with E-state index in [1.54, 1.807) is 23.1 Å². The molecule has 142 valence electrons. The van der Waals surface area contributed by atoms with Crippen molar-refractivity contribution < 1.29 is 9.72 Å². The molecule has 0 N–H and O–H groups in total. The average molecular weight is 408 g/mol. The number of anilines is 1. The zero-order chi connectivity index (χ0) is 18.5. The van der Waals surface area contributed by atoms with E-state index in [0.717, 1.165) is 5.69 Å². The Bertz CT molecular complexity index is 850. The lowest BCUT2D eigenvalue weighted by Crippen LogP contribution is -2.48. The van der Waals surface area contributed by atoms with Gasteiger partial charge in [-0.15, -0.1) is 12.4 Å². The van der Waals surface area contributed by atoms with E-state index in [4.69, 9.17) is 11.6 Å². The van der Waals surface area contributed by atoms with Crippen molar-refractivity contribution in [3.63, 3.8) is 0 Å². The van der Waals surface area contributed by atoms with E-state index in [1.807, 2.05) is 24.3 Å². The second-order valence-electron chi connectivity index (χ2n) is 5.94. The fourth-order valence-corrected chi connectivity index (χ4v) is 3.10. The summed E-state index contributed by atoms with van der Waals surface area (Å²) in [6, 6.07) is 14.0. The second kappa shape index (κ2) is 9.39.